The normalized spacial score (nSPS) is 21.0. The molecule has 2 aromatic carbocycles. The van der Waals surface area contributed by atoms with E-state index in [2.05, 4.69) is 0 Å². The molecule has 0 bridgehead atoms. The molecule has 0 radical (unpaired) electrons. The van der Waals surface area contributed by atoms with E-state index < -0.39 is 29.2 Å². The van der Waals surface area contributed by atoms with Gasteiger partial charge in [0.1, 0.15) is 31.5 Å². The molecule has 10 heteroatoms. The Labute approximate surface area is 220 Å². The van der Waals surface area contributed by atoms with Gasteiger partial charge in [-0.1, -0.05) is 60.7 Å². The van der Waals surface area contributed by atoms with Crippen LogP contribution in [0.1, 0.15) is 29.3 Å². The van der Waals surface area contributed by atoms with Crippen LogP contribution in [0.25, 0.3) is 0 Å². The highest BCUT2D eigenvalue weighted by molar-refractivity contribution is 5.59. The molecular formula is C28H32N2O8. The molecule has 0 saturated carbocycles. The monoisotopic (exact) mass is 524 g/mol. The molecule has 1 aliphatic rings. The van der Waals surface area contributed by atoms with Gasteiger partial charge >= 0.3 is 5.69 Å². The molecule has 3 aromatic rings. The average Bonchev–Trinajstić information content (AvgIpc) is 3.31. The van der Waals surface area contributed by atoms with Gasteiger partial charge < -0.3 is 28.5 Å². The third-order valence-corrected chi connectivity index (χ3v) is 6.39. The number of rotatable bonds is 13. The second-order valence-electron chi connectivity index (χ2n) is 9.14. The quantitative estimate of drug-likeness (QED) is 0.191. The predicted molar refractivity (Wildman–Crippen MR) is 137 cm³/mol. The molecular weight excluding hydrogens is 492 g/mol. The van der Waals surface area contributed by atoms with Crippen LogP contribution < -0.4 is 11.2 Å². The summed E-state index contributed by atoms with van der Waals surface area (Å²) in [6.07, 6.45) is 0.330. The van der Waals surface area contributed by atoms with Gasteiger partial charge in [-0.15, -0.1) is 0 Å². The molecule has 4 rings (SSSR count). The first-order valence-corrected chi connectivity index (χ1v) is 12.3. The van der Waals surface area contributed by atoms with E-state index in [1.165, 1.54) is 17.9 Å². The number of aryl methyl sites for hydroxylation is 1. The number of carbonyl (C=O) groups excluding carboxylic acids is 1. The predicted octanol–water partition coefficient (Wildman–Crippen LogP) is 2.56. The minimum absolute atomic E-state index is 0.00113. The zero-order valence-electron chi connectivity index (χ0n) is 21.5. The van der Waals surface area contributed by atoms with Gasteiger partial charge in [0, 0.05) is 25.3 Å². The molecule has 0 aliphatic carbocycles. The van der Waals surface area contributed by atoms with Crippen molar-refractivity contribution in [3.05, 3.63) is 104 Å². The minimum Gasteiger partial charge on any atom is -0.365 e. The van der Waals surface area contributed by atoms with Crippen molar-refractivity contribution in [1.82, 2.24) is 9.13 Å². The lowest BCUT2D eigenvalue weighted by molar-refractivity contribution is -0.164. The van der Waals surface area contributed by atoms with Crippen molar-refractivity contribution >= 4 is 6.29 Å². The van der Waals surface area contributed by atoms with Crippen molar-refractivity contribution in [3.63, 3.8) is 0 Å². The number of hydrogen-bond donors (Lipinski definition) is 0. The highest BCUT2D eigenvalue weighted by Gasteiger charge is 2.51. The minimum atomic E-state index is -1.18. The molecule has 1 fully saturated rings. The molecule has 0 amide bonds. The van der Waals surface area contributed by atoms with Crippen LogP contribution in [0.3, 0.4) is 0 Å². The lowest BCUT2D eigenvalue weighted by Crippen LogP contribution is -2.46. The van der Waals surface area contributed by atoms with E-state index in [1.807, 2.05) is 60.7 Å². The Morgan fingerprint density at radius 1 is 1.00 bits per heavy atom. The molecule has 3 atom stereocenters. The van der Waals surface area contributed by atoms with E-state index in [9.17, 15) is 14.4 Å². The standard InChI is InChI=1S/C28H32N2O8/c1-21-14-29(27(33)30(26(21)32)19-35-16-22-9-5-3-6-10-22)25-13-28(18-36-20-34-2,24(15-31)38-25)37-17-23-11-7-4-8-12-23/h3-12,14-15,24-25H,13,16-20H2,1-2H3/t24-,25-,28?/m1/s1. The van der Waals surface area contributed by atoms with Crippen LogP contribution in [-0.2, 0) is 48.4 Å². The number of benzene rings is 2. The summed E-state index contributed by atoms with van der Waals surface area (Å²) in [7, 11) is 1.49. The van der Waals surface area contributed by atoms with E-state index in [0.717, 1.165) is 15.7 Å². The number of hydrogen-bond acceptors (Lipinski definition) is 8. The van der Waals surface area contributed by atoms with Crippen LogP contribution in [0.4, 0.5) is 0 Å². The summed E-state index contributed by atoms with van der Waals surface area (Å²) in [5.74, 6) is 0. The van der Waals surface area contributed by atoms with Crippen molar-refractivity contribution < 1.29 is 28.5 Å². The fourth-order valence-corrected chi connectivity index (χ4v) is 4.40. The Kier molecular flexibility index (Phi) is 9.38. The Bertz CT molecular complexity index is 1310. The maximum atomic E-state index is 13.4. The van der Waals surface area contributed by atoms with E-state index in [4.69, 9.17) is 23.7 Å². The van der Waals surface area contributed by atoms with E-state index in [1.54, 1.807) is 6.92 Å². The number of aldehydes is 1. The molecule has 38 heavy (non-hydrogen) atoms. The summed E-state index contributed by atoms with van der Waals surface area (Å²) in [4.78, 5) is 38.3. The van der Waals surface area contributed by atoms with Gasteiger partial charge in [-0.2, -0.15) is 0 Å². The highest BCUT2D eigenvalue weighted by Crippen LogP contribution is 2.39. The SMILES string of the molecule is COCOCC1(OCc2ccccc2)C[C@H](n2cc(C)c(=O)n(COCc3ccccc3)c2=O)O[C@@H]1C=O. The molecule has 10 nitrogen and oxygen atoms in total. The maximum Gasteiger partial charge on any atom is 0.335 e. The molecule has 2 heterocycles. The zero-order chi connectivity index (χ0) is 27.0. The van der Waals surface area contributed by atoms with Gasteiger partial charge in [-0.25, -0.2) is 9.36 Å². The van der Waals surface area contributed by atoms with Crippen molar-refractivity contribution in [2.45, 2.75) is 51.2 Å². The number of ether oxygens (including phenoxy) is 5. The topological polar surface area (TPSA) is 107 Å². The van der Waals surface area contributed by atoms with Crippen molar-refractivity contribution in [2.24, 2.45) is 0 Å². The van der Waals surface area contributed by atoms with Gasteiger partial charge in [0.15, 0.2) is 6.29 Å². The van der Waals surface area contributed by atoms with Crippen LogP contribution in [0.2, 0.25) is 0 Å². The van der Waals surface area contributed by atoms with Crippen LogP contribution in [-0.4, -0.2) is 47.6 Å². The summed E-state index contributed by atoms with van der Waals surface area (Å²) in [6, 6.07) is 18.9. The molecule has 1 saturated heterocycles. The summed E-state index contributed by atoms with van der Waals surface area (Å²) >= 11 is 0. The largest absolute Gasteiger partial charge is 0.365 e. The summed E-state index contributed by atoms with van der Waals surface area (Å²) in [5.41, 5.74) is -0.0997. The second kappa shape index (κ2) is 12.9. The Hall–Kier alpha value is -3.41. The summed E-state index contributed by atoms with van der Waals surface area (Å²) < 4.78 is 30.9. The molecule has 1 aliphatic heterocycles. The number of carbonyl (C=O) groups is 1. The lowest BCUT2D eigenvalue weighted by Gasteiger charge is -2.31. The van der Waals surface area contributed by atoms with E-state index >= 15 is 0 Å². The van der Waals surface area contributed by atoms with Crippen LogP contribution in [0, 0.1) is 6.92 Å². The second-order valence-corrected chi connectivity index (χ2v) is 9.14. The van der Waals surface area contributed by atoms with Crippen LogP contribution >= 0.6 is 0 Å². The van der Waals surface area contributed by atoms with Gasteiger partial charge in [0.05, 0.1) is 19.8 Å². The zero-order valence-corrected chi connectivity index (χ0v) is 21.5. The van der Waals surface area contributed by atoms with E-state index in [0.29, 0.717) is 11.8 Å². The number of methoxy groups -OCH3 is 1. The third-order valence-electron chi connectivity index (χ3n) is 6.39. The fourth-order valence-electron chi connectivity index (χ4n) is 4.40. The van der Waals surface area contributed by atoms with Crippen molar-refractivity contribution in [2.75, 3.05) is 20.5 Å². The Balaban J connectivity index is 1.58. The smallest absolute Gasteiger partial charge is 0.335 e. The van der Waals surface area contributed by atoms with Gasteiger partial charge in [0.2, 0.25) is 0 Å². The van der Waals surface area contributed by atoms with Crippen molar-refractivity contribution in [3.8, 4) is 0 Å². The Morgan fingerprint density at radius 3 is 2.29 bits per heavy atom. The summed E-state index contributed by atoms with van der Waals surface area (Å²) in [5, 5.41) is 0. The highest BCUT2D eigenvalue weighted by atomic mass is 16.7. The van der Waals surface area contributed by atoms with Gasteiger partial charge in [-0.05, 0) is 18.1 Å². The lowest BCUT2D eigenvalue weighted by atomic mass is 9.95. The third kappa shape index (κ3) is 6.35. The molecule has 0 spiro atoms. The molecule has 1 aromatic heterocycles. The fraction of sp³-hybridized carbons (Fsp3) is 0.393. The van der Waals surface area contributed by atoms with Gasteiger partial charge in [-0.3, -0.25) is 9.36 Å². The van der Waals surface area contributed by atoms with E-state index in [-0.39, 0.29) is 39.8 Å². The maximum absolute atomic E-state index is 13.4. The molecule has 202 valence electrons. The molecule has 1 unspecified atom stereocenters. The number of nitrogens with zero attached hydrogens (tertiary/aromatic N) is 2. The number of aromatic nitrogens is 2. The Morgan fingerprint density at radius 2 is 1.66 bits per heavy atom. The van der Waals surface area contributed by atoms with Crippen LogP contribution in [0.15, 0.2) is 76.4 Å². The first-order chi connectivity index (χ1) is 18.5. The summed E-state index contributed by atoms with van der Waals surface area (Å²) in [6.45, 7) is 1.82. The van der Waals surface area contributed by atoms with Crippen LogP contribution in [0.5, 0.6) is 0 Å². The molecule has 0 N–H and O–H groups in total. The first kappa shape index (κ1) is 27.6. The first-order valence-electron chi connectivity index (χ1n) is 12.3. The average molecular weight is 525 g/mol. The van der Waals surface area contributed by atoms with Gasteiger partial charge in [0.25, 0.3) is 5.56 Å². The van der Waals surface area contributed by atoms with Crippen molar-refractivity contribution in [1.29, 1.82) is 0 Å².